The van der Waals surface area contributed by atoms with Gasteiger partial charge >= 0.3 is 0 Å². The maximum absolute atomic E-state index is 13.7. The second kappa shape index (κ2) is 10.8. The van der Waals surface area contributed by atoms with Gasteiger partial charge in [-0.05, 0) is 63.1 Å². The van der Waals surface area contributed by atoms with Gasteiger partial charge in [-0.2, -0.15) is 0 Å². The molecule has 3 aliphatic rings. The quantitative estimate of drug-likeness (QED) is 0.655. The van der Waals surface area contributed by atoms with Crippen molar-refractivity contribution in [3.05, 3.63) is 23.8 Å². The summed E-state index contributed by atoms with van der Waals surface area (Å²) in [5.74, 6) is 1.95. The van der Waals surface area contributed by atoms with Crippen molar-refractivity contribution in [3.63, 3.8) is 0 Å². The van der Waals surface area contributed by atoms with Crippen LogP contribution in [0.3, 0.4) is 0 Å². The van der Waals surface area contributed by atoms with E-state index >= 15 is 0 Å². The van der Waals surface area contributed by atoms with Gasteiger partial charge in [0.2, 0.25) is 5.91 Å². The number of hydrogen-bond acceptors (Lipinski definition) is 5. The Balaban J connectivity index is 1.44. The van der Waals surface area contributed by atoms with Crippen molar-refractivity contribution in [2.24, 2.45) is 5.92 Å². The molecule has 2 aliphatic heterocycles. The standard InChI is InChI=1S/C26H39N3O4/c1-19-8-6-7-13-29(19)26(31)24(20-9-4-5-10-20)27-14-16-28(17-15-27)25(30)21-11-12-22(32-2)23(18-21)33-3/h11-12,18-20,24H,4-10,13-17H2,1-3H3/t19-,24-/m0/s1. The molecule has 33 heavy (non-hydrogen) atoms. The number of hydrogen-bond donors (Lipinski definition) is 0. The molecule has 7 nitrogen and oxygen atoms in total. The molecule has 0 spiro atoms. The van der Waals surface area contributed by atoms with Gasteiger partial charge < -0.3 is 19.3 Å². The van der Waals surface area contributed by atoms with Crippen molar-refractivity contribution < 1.29 is 19.1 Å². The van der Waals surface area contributed by atoms with E-state index in [1.54, 1.807) is 32.4 Å². The summed E-state index contributed by atoms with van der Waals surface area (Å²) in [6.45, 7) is 5.85. The zero-order valence-electron chi connectivity index (χ0n) is 20.4. The van der Waals surface area contributed by atoms with Gasteiger partial charge in [0.05, 0.1) is 20.3 Å². The third kappa shape index (κ3) is 5.13. The molecule has 0 bridgehead atoms. The minimum atomic E-state index is -0.0358. The number of piperazine rings is 1. The Bertz CT molecular complexity index is 831. The number of piperidine rings is 1. The van der Waals surface area contributed by atoms with Crippen LogP contribution < -0.4 is 9.47 Å². The minimum Gasteiger partial charge on any atom is -0.493 e. The molecule has 1 aromatic rings. The Labute approximate surface area is 198 Å². The first-order valence-electron chi connectivity index (χ1n) is 12.6. The summed E-state index contributed by atoms with van der Waals surface area (Å²) in [6.07, 6.45) is 8.17. The number of likely N-dealkylation sites (tertiary alicyclic amines) is 1. The third-order valence-corrected chi connectivity index (χ3v) is 7.81. The van der Waals surface area contributed by atoms with Crippen LogP contribution in [-0.4, -0.2) is 85.5 Å². The summed E-state index contributed by atoms with van der Waals surface area (Å²) in [5, 5.41) is 0. The number of ether oxygens (including phenoxy) is 2. The van der Waals surface area contributed by atoms with Gasteiger partial charge in [0, 0.05) is 44.3 Å². The summed E-state index contributed by atoms with van der Waals surface area (Å²) in [4.78, 5) is 33.3. The fraction of sp³-hybridized carbons (Fsp3) is 0.692. The topological polar surface area (TPSA) is 62.3 Å². The molecular weight excluding hydrogens is 418 g/mol. The lowest BCUT2D eigenvalue weighted by atomic mass is 9.92. The molecule has 2 saturated heterocycles. The molecule has 2 heterocycles. The minimum absolute atomic E-state index is 0.00370. The number of methoxy groups -OCH3 is 2. The molecule has 7 heteroatoms. The van der Waals surface area contributed by atoms with Gasteiger partial charge in [-0.3, -0.25) is 14.5 Å². The smallest absolute Gasteiger partial charge is 0.254 e. The van der Waals surface area contributed by atoms with Crippen LogP contribution >= 0.6 is 0 Å². The van der Waals surface area contributed by atoms with Crippen molar-refractivity contribution >= 4 is 11.8 Å². The summed E-state index contributed by atoms with van der Waals surface area (Å²) < 4.78 is 10.7. The van der Waals surface area contributed by atoms with Crippen LogP contribution in [0.15, 0.2) is 18.2 Å². The predicted molar refractivity (Wildman–Crippen MR) is 128 cm³/mol. The molecule has 0 unspecified atom stereocenters. The molecule has 0 radical (unpaired) electrons. The lowest BCUT2D eigenvalue weighted by Gasteiger charge is -2.44. The average Bonchev–Trinajstić information content (AvgIpc) is 3.38. The summed E-state index contributed by atoms with van der Waals surface area (Å²) in [5.41, 5.74) is 0.603. The number of benzene rings is 1. The average molecular weight is 458 g/mol. The van der Waals surface area contributed by atoms with Crippen LogP contribution in [0.1, 0.15) is 62.2 Å². The van der Waals surface area contributed by atoms with Crippen LogP contribution in [0.4, 0.5) is 0 Å². The first kappa shape index (κ1) is 23.9. The highest BCUT2D eigenvalue weighted by atomic mass is 16.5. The van der Waals surface area contributed by atoms with Gasteiger partial charge in [0.1, 0.15) is 0 Å². The van der Waals surface area contributed by atoms with Crippen molar-refractivity contribution in [1.29, 1.82) is 0 Å². The summed E-state index contributed by atoms with van der Waals surface area (Å²) in [6, 6.07) is 5.61. The van der Waals surface area contributed by atoms with E-state index in [0.29, 0.717) is 48.0 Å². The molecule has 3 fully saturated rings. The highest BCUT2D eigenvalue weighted by Crippen LogP contribution is 2.33. The van der Waals surface area contributed by atoms with Crippen LogP contribution in [0, 0.1) is 5.92 Å². The lowest BCUT2D eigenvalue weighted by Crippen LogP contribution is -2.60. The van der Waals surface area contributed by atoms with Crippen LogP contribution in [0.25, 0.3) is 0 Å². The molecule has 0 N–H and O–H groups in total. The SMILES string of the molecule is COc1ccc(C(=O)N2CCN([C@H](C(=O)N3CCCC[C@@H]3C)C3CCCC3)CC2)cc1OC. The normalized spacial score (nSPS) is 23.4. The Hall–Kier alpha value is -2.28. The number of carbonyl (C=O) groups is 2. The van der Waals surface area contributed by atoms with Gasteiger partial charge in [-0.1, -0.05) is 12.8 Å². The zero-order chi connectivity index (χ0) is 23.4. The van der Waals surface area contributed by atoms with Gasteiger partial charge in [0.15, 0.2) is 11.5 Å². The lowest BCUT2D eigenvalue weighted by molar-refractivity contribution is -0.143. The van der Waals surface area contributed by atoms with Crippen molar-refractivity contribution in [2.45, 2.75) is 64.0 Å². The highest BCUT2D eigenvalue weighted by Gasteiger charge is 2.40. The molecular formula is C26H39N3O4. The van der Waals surface area contributed by atoms with Crippen LogP contribution in [0.5, 0.6) is 11.5 Å². The third-order valence-electron chi connectivity index (χ3n) is 7.81. The molecule has 1 aliphatic carbocycles. The summed E-state index contributed by atoms with van der Waals surface area (Å²) in [7, 11) is 3.17. The number of nitrogens with zero attached hydrogens (tertiary/aromatic N) is 3. The largest absolute Gasteiger partial charge is 0.493 e. The van der Waals surface area contributed by atoms with Crippen LogP contribution in [0.2, 0.25) is 0 Å². The number of carbonyl (C=O) groups excluding carboxylic acids is 2. The van der Waals surface area contributed by atoms with Crippen molar-refractivity contribution in [3.8, 4) is 11.5 Å². The fourth-order valence-electron chi connectivity index (χ4n) is 5.88. The Morgan fingerprint density at radius 3 is 2.18 bits per heavy atom. The number of rotatable bonds is 6. The van der Waals surface area contributed by atoms with Crippen molar-refractivity contribution in [1.82, 2.24) is 14.7 Å². The monoisotopic (exact) mass is 457 g/mol. The molecule has 4 rings (SSSR count). The molecule has 2 amide bonds. The van der Waals surface area contributed by atoms with E-state index in [4.69, 9.17) is 9.47 Å². The Morgan fingerprint density at radius 2 is 1.55 bits per heavy atom. The molecule has 1 aromatic carbocycles. The Morgan fingerprint density at radius 1 is 0.879 bits per heavy atom. The molecule has 0 aromatic heterocycles. The van der Waals surface area contributed by atoms with Gasteiger partial charge in [-0.25, -0.2) is 0 Å². The van der Waals surface area contributed by atoms with E-state index in [1.807, 2.05) is 4.90 Å². The van der Waals surface area contributed by atoms with Crippen LogP contribution in [-0.2, 0) is 4.79 Å². The zero-order valence-corrected chi connectivity index (χ0v) is 20.4. The van der Waals surface area contributed by atoms with E-state index in [2.05, 4.69) is 16.7 Å². The van der Waals surface area contributed by atoms with E-state index in [1.165, 1.54) is 19.3 Å². The van der Waals surface area contributed by atoms with Gasteiger partial charge in [-0.15, -0.1) is 0 Å². The number of amides is 2. The van der Waals surface area contributed by atoms with E-state index in [-0.39, 0.29) is 11.9 Å². The Kier molecular flexibility index (Phi) is 7.78. The van der Waals surface area contributed by atoms with E-state index < -0.39 is 0 Å². The summed E-state index contributed by atoms with van der Waals surface area (Å²) >= 11 is 0. The predicted octanol–water partition coefficient (Wildman–Crippen LogP) is 3.42. The maximum atomic E-state index is 13.7. The second-order valence-electron chi connectivity index (χ2n) is 9.76. The first-order chi connectivity index (χ1) is 16.0. The molecule has 1 saturated carbocycles. The fourth-order valence-corrected chi connectivity index (χ4v) is 5.88. The molecule has 182 valence electrons. The molecule has 2 atom stereocenters. The maximum Gasteiger partial charge on any atom is 0.254 e. The van der Waals surface area contributed by atoms with E-state index in [0.717, 1.165) is 45.3 Å². The second-order valence-corrected chi connectivity index (χ2v) is 9.76. The first-order valence-corrected chi connectivity index (χ1v) is 12.6. The highest BCUT2D eigenvalue weighted by molar-refractivity contribution is 5.95. The van der Waals surface area contributed by atoms with Crippen molar-refractivity contribution in [2.75, 3.05) is 46.9 Å². The van der Waals surface area contributed by atoms with E-state index in [9.17, 15) is 9.59 Å². The van der Waals surface area contributed by atoms with Gasteiger partial charge in [0.25, 0.3) is 5.91 Å².